The van der Waals surface area contributed by atoms with Crippen molar-refractivity contribution in [1.29, 1.82) is 0 Å². The van der Waals surface area contributed by atoms with E-state index in [1.807, 2.05) is 12.1 Å². The summed E-state index contributed by atoms with van der Waals surface area (Å²) in [5, 5.41) is 7.24. The van der Waals surface area contributed by atoms with E-state index in [9.17, 15) is 9.59 Å². The van der Waals surface area contributed by atoms with E-state index in [0.717, 1.165) is 18.4 Å². The van der Waals surface area contributed by atoms with Crippen LogP contribution in [0.1, 0.15) is 29.4 Å². The molecule has 1 saturated carbocycles. The molecule has 8 heteroatoms. The first kappa shape index (κ1) is 16.2. The lowest BCUT2D eigenvalue weighted by Gasteiger charge is -2.03. The third kappa shape index (κ3) is 3.26. The highest BCUT2D eigenvalue weighted by Crippen LogP contribution is 2.36. The Morgan fingerprint density at radius 1 is 1.19 bits per heavy atom. The van der Waals surface area contributed by atoms with Crippen LogP contribution in [0.3, 0.4) is 0 Å². The van der Waals surface area contributed by atoms with Crippen LogP contribution in [-0.2, 0) is 6.54 Å². The second kappa shape index (κ2) is 6.91. The summed E-state index contributed by atoms with van der Waals surface area (Å²) in [6.07, 6.45) is 6.92. The van der Waals surface area contributed by atoms with Crippen molar-refractivity contribution in [3.8, 4) is 11.4 Å². The van der Waals surface area contributed by atoms with Gasteiger partial charge in [-0.15, -0.1) is 5.10 Å². The monoisotopic (exact) mass is 350 g/mol. The molecule has 3 heterocycles. The molecule has 0 aliphatic heterocycles. The van der Waals surface area contributed by atoms with Gasteiger partial charge >= 0.3 is 5.69 Å². The summed E-state index contributed by atoms with van der Waals surface area (Å²) in [6, 6.07) is 9.06. The zero-order valence-electron chi connectivity index (χ0n) is 14.1. The van der Waals surface area contributed by atoms with Gasteiger partial charge in [0.05, 0.1) is 6.54 Å². The maximum atomic E-state index is 12.7. The zero-order chi connectivity index (χ0) is 17.9. The van der Waals surface area contributed by atoms with Crippen LogP contribution in [-0.4, -0.2) is 36.8 Å². The normalized spacial score (nSPS) is 13.5. The largest absolute Gasteiger partial charge is 0.349 e. The molecule has 0 spiro atoms. The second-order valence-corrected chi connectivity index (χ2v) is 6.14. The van der Waals surface area contributed by atoms with Gasteiger partial charge < -0.3 is 5.32 Å². The number of pyridine rings is 2. The number of hydrogen-bond acceptors (Lipinski definition) is 5. The van der Waals surface area contributed by atoms with Gasteiger partial charge in [0, 0.05) is 36.7 Å². The molecular weight excluding hydrogens is 332 g/mol. The van der Waals surface area contributed by atoms with Gasteiger partial charge in [-0.2, -0.15) is 0 Å². The quantitative estimate of drug-likeness (QED) is 0.722. The summed E-state index contributed by atoms with van der Waals surface area (Å²) in [5.74, 6) is 0.356. The molecule has 26 heavy (non-hydrogen) atoms. The Hall–Kier alpha value is -3.29. The van der Waals surface area contributed by atoms with Crippen molar-refractivity contribution < 1.29 is 4.79 Å². The third-order valence-corrected chi connectivity index (χ3v) is 4.21. The van der Waals surface area contributed by atoms with Crippen LogP contribution >= 0.6 is 0 Å². The molecule has 0 atom stereocenters. The minimum Gasteiger partial charge on any atom is -0.349 e. The van der Waals surface area contributed by atoms with Gasteiger partial charge in [-0.3, -0.25) is 19.3 Å². The van der Waals surface area contributed by atoms with E-state index in [1.165, 1.54) is 4.68 Å². The number of nitrogens with one attached hydrogen (secondary N) is 1. The molecule has 0 unspecified atom stereocenters. The van der Waals surface area contributed by atoms with Gasteiger partial charge in [-0.1, -0.05) is 6.07 Å². The molecule has 1 N–H and O–H groups in total. The van der Waals surface area contributed by atoms with E-state index in [4.69, 9.17) is 0 Å². The molecule has 8 nitrogen and oxygen atoms in total. The second-order valence-electron chi connectivity index (χ2n) is 6.14. The number of amides is 1. The summed E-state index contributed by atoms with van der Waals surface area (Å²) in [6.45, 7) is 0.591. The van der Waals surface area contributed by atoms with Gasteiger partial charge in [0.1, 0.15) is 5.69 Å². The van der Waals surface area contributed by atoms with Gasteiger partial charge in [0.25, 0.3) is 5.91 Å². The highest BCUT2D eigenvalue weighted by Gasteiger charge is 2.30. The van der Waals surface area contributed by atoms with Gasteiger partial charge in [-0.05, 0) is 37.1 Å². The first-order valence-corrected chi connectivity index (χ1v) is 8.53. The Kier molecular flexibility index (Phi) is 4.30. The third-order valence-electron chi connectivity index (χ3n) is 4.21. The van der Waals surface area contributed by atoms with E-state index in [-0.39, 0.29) is 17.6 Å². The lowest BCUT2D eigenvalue weighted by atomic mass is 10.3. The predicted octanol–water partition coefficient (Wildman–Crippen LogP) is 1.27. The molecule has 0 bridgehead atoms. The van der Waals surface area contributed by atoms with Gasteiger partial charge in [-0.25, -0.2) is 9.48 Å². The fraction of sp³-hybridized carbons (Fsp3) is 0.278. The molecule has 4 rings (SSSR count). The van der Waals surface area contributed by atoms with Crippen LogP contribution in [0.25, 0.3) is 11.4 Å². The Balaban J connectivity index is 1.51. The molecule has 0 saturated heterocycles. The molecule has 132 valence electrons. The molecule has 1 aliphatic rings. The molecule has 0 aromatic carbocycles. The fourth-order valence-corrected chi connectivity index (χ4v) is 2.78. The number of rotatable bonds is 6. The molecule has 0 radical (unpaired) electrons. The number of hydrogen-bond donors (Lipinski definition) is 1. The minimum atomic E-state index is -0.271. The lowest BCUT2D eigenvalue weighted by molar-refractivity contribution is 0.0947. The first-order valence-electron chi connectivity index (χ1n) is 8.53. The summed E-state index contributed by atoms with van der Waals surface area (Å²) in [4.78, 5) is 32.9. The summed E-state index contributed by atoms with van der Waals surface area (Å²) in [5.41, 5.74) is 1.01. The van der Waals surface area contributed by atoms with Crippen molar-refractivity contribution in [1.82, 2.24) is 29.6 Å². The summed E-state index contributed by atoms with van der Waals surface area (Å²) in [7, 11) is 0. The smallest absolute Gasteiger partial charge is 0.346 e. The minimum absolute atomic E-state index is 0.154. The van der Waals surface area contributed by atoms with E-state index in [0.29, 0.717) is 24.6 Å². The van der Waals surface area contributed by atoms with Crippen molar-refractivity contribution in [2.45, 2.75) is 25.4 Å². The first-order chi connectivity index (χ1) is 12.7. The fourth-order valence-electron chi connectivity index (χ4n) is 2.78. The SMILES string of the molecule is O=C(NCCn1nc(-c2cccnc2)n(C2CC2)c1=O)c1ccccn1. The predicted molar refractivity (Wildman–Crippen MR) is 94.6 cm³/mol. The zero-order valence-corrected chi connectivity index (χ0v) is 14.1. The van der Waals surface area contributed by atoms with Crippen molar-refractivity contribution in [3.05, 3.63) is 65.1 Å². The molecular formula is C18H18N6O2. The van der Waals surface area contributed by atoms with Crippen molar-refractivity contribution in [2.24, 2.45) is 0 Å². The number of carbonyl (C=O) groups excluding carboxylic acids is 1. The van der Waals surface area contributed by atoms with Crippen LogP contribution in [0.4, 0.5) is 0 Å². The van der Waals surface area contributed by atoms with Crippen LogP contribution in [0.15, 0.2) is 53.7 Å². The van der Waals surface area contributed by atoms with E-state index in [2.05, 4.69) is 20.4 Å². The average Bonchev–Trinajstić information content (AvgIpc) is 3.47. The van der Waals surface area contributed by atoms with Crippen LogP contribution in [0, 0.1) is 0 Å². The number of carbonyl (C=O) groups is 1. The van der Waals surface area contributed by atoms with Crippen LogP contribution in [0.2, 0.25) is 0 Å². The average molecular weight is 350 g/mol. The highest BCUT2D eigenvalue weighted by atomic mass is 16.2. The van der Waals surface area contributed by atoms with Gasteiger partial charge in [0.15, 0.2) is 5.82 Å². The van der Waals surface area contributed by atoms with E-state index in [1.54, 1.807) is 41.4 Å². The summed E-state index contributed by atoms with van der Waals surface area (Å²) >= 11 is 0. The highest BCUT2D eigenvalue weighted by molar-refractivity contribution is 5.92. The van der Waals surface area contributed by atoms with Crippen molar-refractivity contribution >= 4 is 5.91 Å². The standard InChI is InChI=1S/C18H18N6O2/c25-17(15-5-1-2-9-20-15)21-10-11-23-18(26)24(14-6-7-14)16(22-23)13-4-3-8-19-12-13/h1-5,8-9,12,14H,6-7,10-11H2,(H,21,25). The maximum absolute atomic E-state index is 12.7. The van der Waals surface area contributed by atoms with Crippen LogP contribution < -0.4 is 11.0 Å². The van der Waals surface area contributed by atoms with E-state index < -0.39 is 0 Å². The number of aromatic nitrogens is 5. The molecule has 1 fully saturated rings. The molecule has 1 aliphatic carbocycles. The van der Waals surface area contributed by atoms with E-state index >= 15 is 0 Å². The van der Waals surface area contributed by atoms with Gasteiger partial charge in [0.2, 0.25) is 0 Å². The summed E-state index contributed by atoms with van der Waals surface area (Å²) < 4.78 is 3.14. The topological polar surface area (TPSA) is 94.7 Å². The number of nitrogens with zero attached hydrogens (tertiary/aromatic N) is 5. The maximum Gasteiger partial charge on any atom is 0.346 e. The van der Waals surface area contributed by atoms with Crippen molar-refractivity contribution in [2.75, 3.05) is 6.54 Å². The Bertz CT molecular complexity index is 960. The molecule has 3 aromatic heterocycles. The molecule has 1 amide bonds. The van der Waals surface area contributed by atoms with Crippen LogP contribution in [0.5, 0.6) is 0 Å². The van der Waals surface area contributed by atoms with Crippen molar-refractivity contribution in [3.63, 3.8) is 0 Å². The Morgan fingerprint density at radius 2 is 2.08 bits per heavy atom. The Morgan fingerprint density at radius 3 is 2.77 bits per heavy atom. The lowest BCUT2D eigenvalue weighted by Crippen LogP contribution is -2.32. The Labute approximate surface area is 149 Å². The molecule has 3 aromatic rings.